The molecule has 0 aliphatic carbocycles. The molecule has 1 fully saturated rings. The highest BCUT2D eigenvalue weighted by Gasteiger charge is 2.16. The van der Waals surface area contributed by atoms with E-state index in [4.69, 9.17) is 16.3 Å². The second-order valence-corrected chi connectivity index (χ2v) is 4.84. The normalized spacial score (nSPS) is 21.4. The van der Waals surface area contributed by atoms with Gasteiger partial charge in [0.1, 0.15) is 12.4 Å². The summed E-state index contributed by atoms with van der Waals surface area (Å²) in [6.45, 7) is 3.33. The number of ether oxygens (including phenoxy) is 1. The number of likely N-dealkylation sites (tertiary alicyclic amines) is 1. The van der Waals surface area contributed by atoms with E-state index in [0.717, 1.165) is 43.2 Å². The first-order valence-electron chi connectivity index (χ1n) is 6.03. The van der Waals surface area contributed by atoms with E-state index in [-0.39, 0.29) is 6.10 Å². The van der Waals surface area contributed by atoms with Gasteiger partial charge < -0.3 is 9.84 Å². The highest BCUT2D eigenvalue weighted by Crippen LogP contribution is 2.15. The van der Waals surface area contributed by atoms with Crippen molar-refractivity contribution < 1.29 is 9.84 Å². The Morgan fingerprint density at radius 1 is 1.35 bits per heavy atom. The Morgan fingerprint density at radius 3 is 2.82 bits per heavy atom. The number of piperidine rings is 1. The molecule has 2 rings (SSSR count). The monoisotopic (exact) mass is 255 g/mol. The van der Waals surface area contributed by atoms with Crippen molar-refractivity contribution in [2.75, 3.05) is 26.2 Å². The molecule has 17 heavy (non-hydrogen) atoms. The minimum atomic E-state index is -0.167. The molecule has 3 nitrogen and oxygen atoms in total. The molecule has 94 valence electrons. The van der Waals surface area contributed by atoms with Crippen LogP contribution in [0.5, 0.6) is 5.75 Å². The molecule has 1 saturated heterocycles. The summed E-state index contributed by atoms with van der Waals surface area (Å²) in [4.78, 5) is 2.24. The molecule has 0 bridgehead atoms. The van der Waals surface area contributed by atoms with Crippen LogP contribution in [0.3, 0.4) is 0 Å². The SMILES string of the molecule is O[C@@H]1CCCN(CCOc2ccc(Cl)cc2)C1. The Morgan fingerprint density at radius 2 is 2.12 bits per heavy atom. The zero-order valence-electron chi connectivity index (χ0n) is 9.81. The number of β-amino-alcohol motifs (C(OH)–C–C–N with tert-alkyl or cyclic N) is 1. The molecule has 1 N–H and O–H groups in total. The number of benzene rings is 1. The van der Waals surface area contributed by atoms with Crippen molar-refractivity contribution in [1.29, 1.82) is 0 Å². The van der Waals surface area contributed by atoms with E-state index in [9.17, 15) is 5.11 Å². The Hall–Kier alpha value is -0.770. The van der Waals surface area contributed by atoms with Gasteiger partial charge in [0.25, 0.3) is 0 Å². The second-order valence-electron chi connectivity index (χ2n) is 4.40. The van der Waals surface area contributed by atoms with Gasteiger partial charge in [-0.2, -0.15) is 0 Å². The number of aliphatic hydroxyl groups is 1. The summed E-state index contributed by atoms with van der Waals surface area (Å²) in [5.74, 6) is 0.840. The molecule has 0 unspecified atom stereocenters. The van der Waals surface area contributed by atoms with Gasteiger partial charge in [-0.3, -0.25) is 4.90 Å². The van der Waals surface area contributed by atoms with E-state index in [1.165, 1.54) is 0 Å². The van der Waals surface area contributed by atoms with Crippen LogP contribution in [0, 0.1) is 0 Å². The Labute approximate surface area is 107 Å². The molecule has 1 heterocycles. The molecule has 0 amide bonds. The fraction of sp³-hybridized carbons (Fsp3) is 0.538. The molecular weight excluding hydrogens is 238 g/mol. The summed E-state index contributed by atoms with van der Waals surface area (Å²) in [5, 5.41) is 10.2. The number of aliphatic hydroxyl groups excluding tert-OH is 1. The van der Waals surface area contributed by atoms with Crippen LogP contribution in [0.15, 0.2) is 24.3 Å². The molecule has 1 aliphatic heterocycles. The standard InChI is InChI=1S/C13H18ClNO2/c14-11-3-5-13(6-4-11)17-9-8-15-7-1-2-12(16)10-15/h3-6,12,16H,1-2,7-10H2/t12-/m1/s1. The van der Waals surface area contributed by atoms with Crippen LogP contribution < -0.4 is 4.74 Å². The van der Waals surface area contributed by atoms with E-state index >= 15 is 0 Å². The van der Waals surface area contributed by atoms with Gasteiger partial charge in [0.2, 0.25) is 0 Å². The predicted octanol–water partition coefficient (Wildman–Crippen LogP) is 2.18. The van der Waals surface area contributed by atoms with Crippen LogP contribution in [0.2, 0.25) is 5.02 Å². The maximum atomic E-state index is 9.53. The van der Waals surface area contributed by atoms with Crippen molar-refractivity contribution in [3.63, 3.8) is 0 Å². The van der Waals surface area contributed by atoms with Crippen molar-refractivity contribution in [2.45, 2.75) is 18.9 Å². The average Bonchev–Trinajstić information content (AvgIpc) is 2.32. The maximum absolute atomic E-state index is 9.53. The highest BCUT2D eigenvalue weighted by molar-refractivity contribution is 6.30. The summed E-state index contributed by atoms with van der Waals surface area (Å²) in [6, 6.07) is 7.38. The number of nitrogens with zero attached hydrogens (tertiary/aromatic N) is 1. The Bertz CT molecular complexity index is 342. The van der Waals surface area contributed by atoms with Gasteiger partial charge in [0.05, 0.1) is 6.10 Å². The minimum Gasteiger partial charge on any atom is -0.492 e. The second kappa shape index (κ2) is 6.24. The summed E-state index contributed by atoms with van der Waals surface area (Å²) >= 11 is 5.79. The van der Waals surface area contributed by atoms with Crippen molar-refractivity contribution >= 4 is 11.6 Å². The average molecular weight is 256 g/mol. The van der Waals surface area contributed by atoms with Crippen LogP contribution in [-0.4, -0.2) is 42.4 Å². The van der Waals surface area contributed by atoms with Crippen molar-refractivity contribution in [1.82, 2.24) is 4.90 Å². The quantitative estimate of drug-likeness (QED) is 0.895. The molecule has 4 heteroatoms. The van der Waals surface area contributed by atoms with Crippen LogP contribution in [-0.2, 0) is 0 Å². The number of halogens is 1. The molecule has 1 aromatic rings. The van der Waals surface area contributed by atoms with Gasteiger partial charge >= 0.3 is 0 Å². The molecule has 1 aliphatic rings. The lowest BCUT2D eigenvalue weighted by Gasteiger charge is -2.29. The first-order valence-corrected chi connectivity index (χ1v) is 6.40. The van der Waals surface area contributed by atoms with Crippen LogP contribution >= 0.6 is 11.6 Å². The lowest BCUT2D eigenvalue weighted by atomic mass is 10.1. The Kier molecular flexibility index (Phi) is 4.66. The third-order valence-corrected chi connectivity index (χ3v) is 3.22. The Balaban J connectivity index is 1.70. The summed E-state index contributed by atoms with van der Waals surface area (Å²) in [6.07, 6.45) is 1.83. The maximum Gasteiger partial charge on any atom is 0.119 e. The molecule has 0 spiro atoms. The first-order chi connectivity index (χ1) is 8.24. The largest absolute Gasteiger partial charge is 0.492 e. The van der Waals surface area contributed by atoms with Gasteiger partial charge in [-0.25, -0.2) is 0 Å². The minimum absolute atomic E-state index is 0.167. The third kappa shape index (κ3) is 4.19. The molecule has 0 aromatic heterocycles. The molecular formula is C13H18ClNO2. The zero-order valence-corrected chi connectivity index (χ0v) is 10.6. The molecule has 0 radical (unpaired) electrons. The summed E-state index contributed by atoms with van der Waals surface area (Å²) in [5.41, 5.74) is 0. The van der Waals surface area contributed by atoms with Crippen molar-refractivity contribution in [3.8, 4) is 5.75 Å². The van der Waals surface area contributed by atoms with E-state index in [1.807, 2.05) is 24.3 Å². The lowest BCUT2D eigenvalue weighted by molar-refractivity contribution is 0.0633. The zero-order chi connectivity index (χ0) is 12.1. The molecule has 1 aromatic carbocycles. The fourth-order valence-corrected chi connectivity index (χ4v) is 2.18. The topological polar surface area (TPSA) is 32.7 Å². The number of hydrogen-bond donors (Lipinski definition) is 1. The third-order valence-electron chi connectivity index (χ3n) is 2.97. The van der Waals surface area contributed by atoms with Gasteiger partial charge in [0, 0.05) is 18.1 Å². The van der Waals surface area contributed by atoms with Gasteiger partial charge in [0.15, 0.2) is 0 Å². The van der Waals surface area contributed by atoms with Crippen LogP contribution in [0.25, 0.3) is 0 Å². The lowest BCUT2D eigenvalue weighted by Crippen LogP contribution is -2.40. The van der Waals surface area contributed by atoms with E-state index in [1.54, 1.807) is 0 Å². The fourth-order valence-electron chi connectivity index (χ4n) is 2.06. The van der Waals surface area contributed by atoms with Crippen molar-refractivity contribution in [2.24, 2.45) is 0 Å². The van der Waals surface area contributed by atoms with Crippen molar-refractivity contribution in [3.05, 3.63) is 29.3 Å². The predicted molar refractivity (Wildman–Crippen MR) is 68.6 cm³/mol. The van der Waals surface area contributed by atoms with Crippen LogP contribution in [0.1, 0.15) is 12.8 Å². The summed E-state index contributed by atoms with van der Waals surface area (Å²) < 4.78 is 5.62. The first kappa shape index (κ1) is 12.7. The summed E-state index contributed by atoms with van der Waals surface area (Å²) in [7, 11) is 0. The smallest absolute Gasteiger partial charge is 0.119 e. The number of rotatable bonds is 4. The van der Waals surface area contributed by atoms with E-state index in [0.29, 0.717) is 6.61 Å². The molecule has 1 atom stereocenters. The van der Waals surface area contributed by atoms with Gasteiger partial charge in [-0.1, -0.05) is 11.6 Å². The van der Waals surface area contributed by atoms with Gasteiger partial charge in [-0.05, 0) is 43.7 Å². The van der Waals surface area contributed by atoms with E-state index in [2.05, 4.69) is 4.90 Å². The van der Waals surface area contributed by atoms with E-state index < -0.39 is 0 Å². The highest BCUT2D eigenvalue weighted by atomic mass is 35.5. The molecule has 0 saturated carbocycles. The van der Waals surface area contributed by atoms with Gasteiger partial charge in [-0.15, -0.1) is 0 Å². The number of hydrogen-bond acceptors (Lipinski definition) is 3. The van der Waals surface area contributed by atoms with Crippen LogP contribution in [0.4, 0.5) is 0 Å².